The second kappa shape index (κ2) is 8.13. The molecule has 0 saturated carbocycles. The fourth-order valence-corrected chi connectivity index (χ4v) is 4.92. The van der Waals surface area contributed by atoms with E-state index in [0.717, 1.165) is 37.9 Å². The molecule has 1 N–H and O–H groups in total. The lowest BCUT2D eigenvalue weighted by Gasteiger charge is -2.17. The largest absolute Gasteiger partial charge is 0.452 e. The van der Waals surface area contributed by atoms with Gasteiger partial charge < -0.3 is 15.0 Å². The van der Waals surface area contributed by atoms with E-state index in [1.807, 2.05) is 29.6 Å². The molecule has 2 heterocycles. The molecule has 6 heteroatoms. The van der Waals surface area contributed by atoms with Gasteiger partial charge in [0.05, 0.1) is 5.56 Å². The summed E-state index contributed by atoms with van der Waals surface area (Å²) in [5.41, 5.74) is 3.65. The van der Waals surface area contributed by atoms with Crippen molar-refractivity contribution in [3.8, 4) is 0 Å². The predicted molar refractivity (Wildman–Crippen MR) is 108 cm³/mol. The van der Waals surface area contributed by atoms with Gasteiger partial charge in [0, 0.05) is 34.7 Å². The topological polar surface area (TPSA) is 58.6 Å². The Morgan fingerprint density at radius 2 is 1.78 bits per heavy atom. The molecule has 142 valence electrons. The molecular weight excluding hydrogens is 360 g/mol. The Kier molecular flexibility index (Phi) is 5.43. The van der Waals surface area contributed by atoms with E-state index in [-0.39, 0.29) is 12.5 Å². The Morgan fingerprint density at radius 3 is 2.56 bits per heavy atom. The Labute approximate surface area is 163 Å². The van der Waals surface area contributed by atoms with E-state index in [2.05, 4.69) is 10.2 Å². The summed E-state index contributed by atoms with van der Waals surface area (Å²) >= 11 is 1.62. The number of amides is 1. The number of esters is 1. The van der Waals surface area contributed by atoms with Crippen LogP contribution in [0.3, 0.4) is 0 Å². The van der Waals surface area contributed by atoms with Gasteiger partial charge in [0.1, 0.15) is 0 Å². The Morgan fingerprint density at radius 1 is 1.04 bits per heavy atom. The van der Waals surface area contributed by atoms with Crippen molar-refractivity contribution >= 4 is 34.6 Å². The summed E-state index contributed by atoms with van der Waals surface area (Å²) in [4.78, 5) is 28.1. The number of carbonyl (C=O) groups is 2. The van der Waals surface area contributed by atoms with Crippen LogP contribution in [0.25, 0.3) is 0 Å². The zero-order chi connectivity index (χ0) is 18.6. The lowest BCUT2D eigenvalue weighted by atomic mass is 9.96. The predicted octanol–water partition coefficient (Wildman–Crippen LogP) is 4.02. The lowest BCUT2D eigenvalue weighted by Crippen LogP contribution is -2.21. The molecule has 1 aromatic carbocycles. The molecule has 2 aromatic rings. The number of fused-ring (bicyclic) bond motifs is 1. The van der Waals surface area contributed by atoms with Crippen LogP contribution < -0.4 is 10.2 Å². The van der Waals surface area contributed by atoms with Crippen LogP contribution in [-0.4, -0.2) is 31.6 Å². The molecule has 1 fully saturated rings. The van der Waals surface area contributed by atoms with Crippen molar-refractivity contribution in [1.82, 2.24) is 0 Å². The van der Waals surface area contributed by atoms with Crippen molar-refractivity contribution in [2.45, 2.75) is 38.5 Å². The van der Waals surface area contributed by atoms with Crippen molar-refractivity contribution in [2.75, 3.05) is 29.9 Å². The van der Waals surface area contributed by atoms with Crippen LogP contribution in [0.15, 0.2) is 29.6 Å². The van der Waals surface area contributed by atoms with Crippen LogP contribution in [0.5, 0.6) is 0 Å². The number of benzene rings is 1. The highest BCUT2D eigenvalue weighted by Crippen LogP contribution is 2.30. The third-order valence-corrected chi connectivity index (χ3v) is 6.33. The lowest BCUT2D eigenvalue weighted by molar-refractivity contribution is -0.119. The second-order valence-corrected chi connectivity index (χ2v) is 8.09. The average molecular weight is 385 g/mol. The third-order valence-electron chi connectivity index (χ3n) is 5.24. The summed E-state index contributed by atoms with van der Waals surface area (Å²) < 4.78 is 5.24. The normalized spacial score (nSPS) is 16.1. The summed E-state index contributed by atoms with van der Waals surface area (Å²) in [6.45, 7) is 1.92. The first-order valence-electron chi connectivity index (χ1n) is 9.62. The van der Waals surface area contributed by atoms with Gasteiger partial charge in [-0.1, -0.05) is 0 Å². The summed E-state index contributed by atoms with van der Waals surface area (Å²) in [5.74, 6) is -0.713. The first kappa shape index (κ1) is 18.0. The number of hydrogen-bond donors (Lipinski definition) is 1. The molecular formula is C21H24N2O3S. The zero-order valence-corrected chi connectivity index (χ0v) is 16.1. The molecule has 1 saturated heterocycles. The number of nitrogens with one attached hydrogen (secondary N) is 1. The molecule has 2 aliphatic rings. The maximum absolute atomic E-state index is 12.3. The first-order chi connectivity index (χ1) is 13.2. The SMILES string of the molecule is O=C(COC(=O)c1csc2c1CCCC2)Nc1ccc(N2CCCC2)cc1. The average Bonchev–Trinajstić information content (AvgIpc) is 3.37. The van der Waals surface area contributed by atoms with Gasteiger partial charge in [0.15, 0.2) is 6.61 Å². The highest BCUT2D eigenvalue weighted by Gasteiger charge is 2.21. The molecule has 0 unspecified atom stereocenters. The minimum absolute atomic E-state index is 0.267. The van der Waals surface area contributed by atoms with Crippen molar-refractivity contribution in [2.24, 2.45) is 0 Å². The van der Waals surface area contributed by atoms with E-state index >= 15 is 0 Å². The molecule has 5 nitrogen and oxygen atoms in total. The number of nitrogens with zero attached hydrogens (tertiary/aromatic N) is 1. The number of carbonyl (C=O) groups excluding carboxylic acids is 2. The van der Waals surface area contributed by atoms with Gasteiger partial charge in [0.2, 0.25) is 0 Å². The van der Waals surface area contributed by atoms with Crippen molar-refractivity contribution < 1.29 is 14.3 Å². The summed E-state index contributed by atoms with van der Waals surface area (Å²) in [7, 11) is 0. The molecule has 0 bridgehead atoms. The minimum atomic E-state index is -0.395. The summed E-state index contributed by atoms with van der Waals surface area (Å²) in [6, 6.07) is 7.82. The summed E-state index contributed by atoms with van der Waals surface area (Å²) in [6.07, 6.45) is 6.73. The number of hydrogen-bond acceptors (Lipinski definition) is 5. The van der Waals surface area contributed by atoms with Crippen LogP contribution in [0.1, 0.15) is 46.5 Å². The molecule has 1 aliphatic carbocycles. The fraction of sp³-hybridized carbons (Fsp3) is 0.429. The summed E-state index contributed by atoms with van der Waals surface area (Å²) in [5, 5.41) is 4.66. The smallest absolute Gasteiger partial charge is 0.339 e. The number of thiophene rings is 1. The number of ether oxygens (including phenoxy) is 1. The maximum atomic E-state index is 12.3. The molecule has 4 rings (SSSR count). The van der Waals surface area contributed by atoms with Crippen molar-refractivity contribution in [3.05, 3.63) is 45.6 Å². The third kappa shape index (κ3) is 4.16. The van der Waals surface area contributed by atoms with Crippen molar-refractivity contribution in [1.29, 1.82) is 0 Å². The van der Waals surface area contributed by atoms with Crippen LogP contribution in [-0.2, 0) is 22.4 Å². The van der Waals surface area contributed by atoms with Gasteiger partial charge in [-0.25, -0.2) is 4.79 Å². The quantitative estimate of drug-likeness (QED) is 0.791. The van der Waals surface area contributed by atoms with Crippen LogP contribution >= 0.6 is 11.3 Å². The van der Waals surface area contributed by atoms with Gasteiger partial charge in [-0.05, 0) is 68.4 Å². The van der Waals surface area contributed by atoms with Gasteiger partial charge in [-0.3, -0.25) is 4.79 Å². The van der Waals surface area contributed by atoms with E-state index in [4.69, 9.17) is 4.74 Å². The molecule has 27 heavy (non-hydrogen) atoms. The van der Waals surface area contributed by atoms with Gasteiger partial charge in [0.25, 0.3) is 5.91 Å². The van der Waals surface area contributed by atoms with Crippen molar-refractivity contribution in [3.63, 3.8) is 0 Å². The van der Waals surface area contributed by atoms with Crippen LogP contribution in [0, 0.1) is 0 Å². The standard InChI is InChI=1S/C21H24N2O3S/c24-20(22-15-7-9-16(10-8-15)23-11-3-4-12-23)13-26-21(25)18-14-27-19-6-2-1-5-17(18)19/h7-10,14H,1-6,11-13H2,(H,22,24). The van der Waals surface area contributed by atoms with Crippen LogP contribution in [0.4, 0.5) is 11.4 Å². The maximum Gasteiger partial charge on any atom is 0.339 e. The van der Waals surface area contributed by atoms with E-state index in [1.165, 1.54) is 29.8 Å². The van der Waals surface area contributed by atoms with Gasteiger partial charge in [-0.2, -0.15) is 0 Å². The molecule has 1 aromatic heterocycles. The molecule has 0 spiro atoms. The molecule has 1 aliphatic heterocycles. The van der Waals surface area contributed by atoms with E-state index < -0.39 is 5.97 Å². The number of rotatable bonds is 5. The second-order valence-electron chi connectivity index (χ2n) is 7.12. The van der Waals surface area contributed by atoms with Crippen LogP contribution in [0.2, 0.25) is 0 Å². The molecule has 0 radical (unpaired) electrons. The Hall–Kier alpha value is -2.34. The Bertz CT molecular complexity index is 822. The fourth-order valence-electron chi connectivity index (χ4n) is 3.80. The minimum Gasteiger partial charge on any atom is -0.452 e. The zero-order valence-electron chi connectivity index (χ0n) is 15.3. The van der Waals surface area contributed by atoms with Gasteiger partial charge in [-0.15, -0.1) is 11.3 Å². The van der Waals surface area contributed by atoms with E-state index in [9.17, 15) is 9.59 Å². The van der Waals surface area contributed by atoms with E-state index in [1.54, 1.807) is 11.3 Å². The van der Waals surface area contributed by atoms with E-state index in [0.29, 0.717) is 11.3 Å². The highest BCUT2D eigenvalue weighted by molar-refractivity contribution is 7.10. The Balaban J connectivity index is 1.29. The molecule has 1 amide bonds. The number of anilines is 2. The monoisotopic (exact) mass is 384 g/mol. The first-order valence-corrected chi connectivity index (χ1v) is 10.5. The highest BCUT2D eigenvalue weighted by atomic mass is 32.1. The molecule has 0 atom stereocenters. The van der Waals surface area contributed by atoms with Gasteiger partial charge >= 0.3 is 5.97 Å². The number of aryl methyl sites for hydroxylation is 1.